The van der Waals surface area contributed by atoms with Crippen LogP contribution in [-0.2, 0) is 10.0 Å². The average Bonchev–Trinajstić information content (AvgIpc) is 2.63. The summed E-state index contributed by atoms with van der Waals surface area (Å²) in [4.78, 5) is 12.6. The first-order valence-corrected chi connectivity index (χ1v) is 9.66. The van der Waals surface area contributed by atoms with Crippen molar-refractivity contribution < 1.29 is 17.9 Å². The molecular weight excluding hydrogens is 364 g/mol. The number of carbonyl (C=O) groups excluding carboxylic acids is 1. The van der Waals surface area contributed by atoms with Gasteiger partial charge in [-0.15, -0.1) is 0 Å². The number of hydrogen-bond acceptors (Lipinski definition) is 4. The maximum Gasteiger partial charge on any atom is 0.259 e. The van der Waals surface area contributed by atoms with Crippen molar-refractivity contribution in [3.05, 3.63) is 83.9 Å². The summed E-state index contributed by atoms with van der Waals surface area (Å²) in [5.74, 6) is 0.617. The minimum atomic E-state index is -3.86. The highest BCUT2D eigenvalue weighted by Gasteiger charge is 2.15. The molecule has 0 spiro atoms. The lowest BCUT2D eigenvalue weighted by Crippen LogP contribution is -2.15. The van der Waals surface area contributed by atoms with Crippen LogP contribution in [0.4, 0.5) is 5.69 Å². The van der Waals surface area contributed by atoms with E-state index in [-0.39, 0.29) is 4.90 Å². The van der Waals surface area contributed by atoms with E-state index in [4.69, 9.17) is 9.88 Å². The second-order valence-corrected chi connectivity index (χ2v) is 7.45. The number of para-hydroxylation sites is 2. The summed E-state index contributed by atoms with van der Waals surface area (Å²) in [6.07, 6.45) is 0. The van der Waals surface area contributed by atoms with Crippen LogP contribution < -0.4 is 15.2 Å². The van der Waals surface area contributed by atoms with Crippen molar-refractivity contribution in [3.63, 3.8) is 0 Å². The second kappa shape index (κ2) is 7.61. The number of carbonyl (C=O) groups is 1. The fraction of sp³-hybridized carbons (Fsp3) is 0.0500. The Morgan fingerprint density at radius 1 is 0.926 bits per heavy atom. The molecule has 1 amide bonds. The summed E-state index contributed by atoms with van der Waals surface area (Å²) < 4.78 is 28.9. The molecular formula is C20H18N2O4S. The number of benzene rings is 3. The highest BCUT2D eigenvalue weighted by Crippen LogP contribution is 2.28. The van der Waals surface area contributed by atoms with Gasteiger partial charge in [0.15, 0.2) is 0 Å². The summed E-state index contributed by atoms with van der Waals surface area (Å²) in [6.45, 7) is 1.91. The minimum absolute atomic E-state index is 0.0789. The molecule has 3 N–H and O–H groups in total. The smallest absolute Gasteiger partial charge is 0.259 e. The fourth-order valence-electron chi connectivity index (χ4n) is 2.48. The maximum absolute atomic E-state index is 12.7. The van der Waals surface area contributed by atoms with E-state index < -0.39 is 15.9 Å². The average molecular weight is 382 g/mol. The highest BCUT2D eigenvalue weighted by molar-refractivity contribution is 7.89. The van der Waals surface area contributed by atoms with Crippen molar-refractivity contribution in [1.82, 2.24) is 0 Å². The van der Waals surface area contributed by atoms with Gasteiger partial charge in [0.05, 0.1) is 10.5 Å². The summed E-state index contributed by atoms with van der Waals surface area (Å²) >= 11 is 0. The molecule has 0 heterocycles. The first kappa shape index (κ1) is 18.6. The van der Waals surface area contributed by atoms with Crippen molar-refractivity contribution in [2.75, 3.05) is 5.32 Å². The van der Waals surface area contributed by atoms with Gasteiger partial charge in [0.1, 0.15) is 11.5 Å². The molecule has 0 aliphatic heterocycles. The Balaban J connectivity index is 1.87. The molecule has 0 bridgehead atoms. The lowest BCUT2D eigenvalue weighted by Gasteiger charge is -2.13. The number of rotatable bonds is 5. The molecule has 138 valence electrons. The van der Waals surface area contributed by atoms with E-state index >= 15 is 0 Å². The van der Waals surface area contributed by atoms with Crippen LogP contribution in [0.15, 0.2) is 77.7 Å². The zero-order valence-electron chi connectivity index (χ0n) is 14.5. The van der Waals surface area contributed by atoms with Gasteiger partial charge in [0.25, 0.3) is 5.91 Å². The molecule has 0 aromatic heterocycles. The van der Waals surface area contributed by atoms with Crippen molar-refractivity contribution in [1.29, 1.82) is 0 Å². The molecule has 27 heavy (non-hydrogen) atoms. The predicted octanol–water partition coefficient (Wildman–Crippen LogP) is 3.69. The van der Waals surface area contributed by atoms with Crippen LogP contribution in [0.5, 0.6) is 11.5 Å². The Bertz CT molecular complexity index is 1090. The molecule has 7 heteroatoms. The van der Waals surface area contributed by atoms with Gasteiger partial charge in [0.2, 0.25) is 10.0 Å². The fourth-order valence-corrected chi connectivity index (χ4v) is 3.04. The van der Waals surface area contributed by atoms with Gasteiger partial charge in [-0.1, -0.05) is 36.4 Å². The zero-order chi connectivity index (χ0) is 19.4. The van der Waals surface area contributed by atoms with E-state index in [1.54, 1.807) is 30.3 Å². The van der Waals surface area contributed by atoms with Crippen molar-refractivity contribution >= 4 is 21.6 Å². The Morgan fingerprint density at radius 2 is 1.59 bits per heavy atom. The first-order valence-electron chi connectivity index (χ1n) is 8.11. The SMILES string of the molecule is Cc1ccccc1Oc1ccccc1C(=O)Nc1cccc(S(N)(=O)=O)c1. The predicted molar refractivity (Wildman–Crippen MR) is 103 cm³/mol. The number of primary sulfonamides is 1. The summed E-state index contributed by atoms with van der Waals surface area (Å²) in [5, 5.41) is 7.80. The first-order chi connectivity index (χ1) is 12.8. The number of ether oxygens (including phenoxy) is 1. The summed E-state index contributed by atoms with van der Waals surface area (Å²) in [6, 6.07) is 20.1. The van der Waals surface area contributed by atoms with Crippen LogP contribution in [0.25, 0.3) is 0 Å². The highest BCUT2D eigenvalue weighted by atomic mass is 32.2. The number of aryl methyl sites for hydroxylation is 1. The number of sulfonamides is 1. The van der Waals surface area contributed by atoms with E-state index in [0.717, 1.165) is 5.56 Å². The molecule has 0 aliphatic carbocycles. The number of nitrogens with two attached hydrogens (primary N) is 1. The number of nitrogens with one attached hydrogen (secondary N) is 1. The standard InChI is InChI=1S/C20H18N2O4S/c1-14-7-2-4-11-18(14)26-19-12-5-3-10-17(19)20(23)22-15-8-6-9-16(13-15)27(21,24)25/h2-13H,1H3,(H,22,23)(H2,21,24,25). The van der Waals surface area contributed by atoms with Crippen LogP contribution >= 0.6 is 0 Å². The molecule has 0 saturated carbocycles. The van der Waals surface area contributed by atoms with Gasteiger partial charge in [-0.05, 0) is 48.9 Å². The molecule has 6 nitrogen and oxygen atoms in total. The van der Waals surface area contributed by atoms with Crippen LogP contribution in [0.1, 0.15) is 15.9 Å². The van der Waals surface area contributed by atoms with E-state index in [9.17, 15) is 13.2 Å². The summed E-state index contributed by atoms with van der Waals surface area (Å²) in [7, 11) is -3.86. The van der Waals surface area contributed by atoms with Crippen LogP contribution in [0.3, 0.4) is 0 Å². The van der Waals surface area contributed by atoms with Crippen molar-refractivity contribution in [3.8, 4) is 11.5 Å². The van der Waals surface area contributed by atoms with E-state index in [1.165, 1.54) is 18.2 Å². The van der Waals surface area contributed by atoms with Gasteiger partial charge >= 0.3 is 0 Å². The van der Waals surface area contributed by atoms with Crippen LogP contribution in [0, 0.1) is 6.92 Å². The van der Waals surface area contributed by atoms with Gasteiger partial charge in [0, 0.05) is 5.69 Å². The van der Waals surface area contributed by atoms with Crippen molar-refractivity contribution in [2.45, 2.75) is 11.8 Å². The third-order valence-corrected chi connectivity index (χ3v) is 4.78. The molecule has 3 aromatic carbocycles. The Kier molecular flexibility index (Phi) is 5.25. The molecule has 0 saturated heterocycles. The topological polar surface area (TPSA) is 98.5 Å². The molecule has 0 aliphatic rings. The van der Waals surface area contributed by atoms with Gasteiger partial charge < -0.3 is 10.1 Å². The molecule has 0 unspecified atom stereocenters. The Hall–Kier alpha value is -3.16. The molecule has 0 fully saturated rings. The van der Waals surface area contributed by atoms with Crippen LogP contribution in [0.2, 0.25) is 0 Å². The third kappa shape index (κ3) is 4.52. The third-order valence-electron chi connectivity index (χ3n) is 3.87. The molecule has 0 radical (unpaired) electrons. The van der Waals surface area contributed by atoms with Crippen LogP contribution in [-0.4, -0.2) is 14.3 Å². The molecule has 3 rings (SSSR count). The van der Waals surface area contributed by atoms with Crippen molar-refractivity contribution in [2.24, 2.45) is 5.14 Å². The van der Waals surface area contributed by atoms with E-state index in [1.807, 2.05) is 31.2 Å². The maximum atomic E-state index is 12.7. The lowest BCUT2D eigenvalue weighted by atomic mass is 10.1. The number of amides is 1. The Labute approximate surface area is 157 Å². The largest absolute Gasteiger partial charge is 0.456 e. The number of hydrogen-bond donors (Lipinski definition) is 2. The van der Waals surface area contributed by atoms with Gasteiger partial charge in [-0.2, -0.15) is 0 Å². The van der Waals surface area contributed by atoms with Gasteiger partial charge in [-0.3, -0.25) is 4.79 Å². The van der Waals surface area contributed by atoms with Gasteiger partial charge in [-0.25, -0.2) is 13.6 Å². The quantitative estimate of drug-likeness (QED) is 0.703. The van der Waals surface area contributed by atoms with E-state index in [0.29, 0.717) is 22.7 Å². The Morgan fingerprint density at radius 3 is 2.30 bits per heavy atom. The lowest BCUT2D eigenvalue weighted by molar-refractivity contribution is 0.102. The van der Waals surface area contributed by atoms with E-state index in [2.05, 4.69) is 5.32 Å². The summed E-state index contributed by atoms with van der Waals surface area (Å²) in [5.41, 5.74) is 1.58. The number of anilines is 1. The second-order valence-electron chi connectivity index (χ2n) is 5.89. The monoisotopic (exact) mass is 382 g/mol. The normalized spacial score (nSPS) is 11.0. The molecule has 3 aromatic rings. The zero-order valence-corrected chi connectivity index (χ0v) is 15.4. The minimum Gasteiger partial charge on any atom is -0.456 e. The molecule has 0 atom stereocenters.